The van der Waals surface area contributed by atoms with Crippen LogP contribution in [-0.4, -0.2) is 46.7 Å². The molecule has 0 aliphatic heterocycles. The van der Waals surface area contributed by atoms with E-state index < -0.39 is 0 Å². The zero-order valence-electron chi connectivity index (χ0n) is 17.2. The van der Waals surface area contributed by atoms with Crippen LogP contribution in [0.25, 0.3) is 23.1 Å². The molecule has 8 heteroatoms. The number of hydrogen-bond donors (Lipinski definition) is 3. The van der Waals surface area contributed by atoms with E-state index in [9.17, 15) is 0 Å². The Bertz CT molecular complexity index is 1030. The van der Waals surface area contributed by atoms with Gasteiger partial charge in [0.15, 0.2) is 11.8 Å². The molecule has 0 radical (unpaired) electrons. The lowest BCUT2D eigenvalue weighted by Crippen LogP contribution is -2.26. The van der Waals surface area contributed by atoms with Gasteiger partial charge in [0, 0.05) is 18.1 Å². The number of nitrogens with one attached hydrogen (secondary N) is 1. The predicted molar refractivity (Wildman–Crippen MR) is 122 cm³/mol. The number of fused-ring (bicyclic) bond motifs is 1. The second-order valence-corrected chi connectivity index (χ2v) is 6.94. The Hall–Kier alpha value is -3.52. The number of aryl methyl sites for hydroxylation is 1. The average Bonchev–Trinajstić information content (AvgIpc) is 2.72. The first kappa shape index (κ1) is 21.2. The monoisotopic (exact) mass is 405 g/mol. The Morgan fingerprint density at radius 1 is 1.20 bits per heavy atom. The predicted octanol–water partition coefficient (Wildman–Crippen LogP) is 2.59. The average molecular weight is 406 g/mol. The van der Waals surface area contributed by atoms with Gasteiger partial charge in [0.25, 0.3) is 0 Å². The van der Waals surface area contributed by atoms with Crippen LogP contribution in [0.4, 0.5) is 5.82 Å². The van der Waals surface area contributed by atoms with E-state index in [0.717, 1.165) is 28.0 Å². The quantitative estimate of drug-likeness (QED) is 0.284. The van der Waals surface area contributed by atoms with Crippen molar-refractivity contribution in [1.29, 1.82) is 0 Å². The van der Waals surface area contributed by atoms with Crippen molar-refractivity contribution in [2.45, 2.75) is 19.9 Å². The second-order valence-electron chi connectivity index (χ2n) is 6.94. The third kappa shape index (κ3) is 6.25. The number of aromatic nitrogens is 3. The maximum atomic E-state index is 5.64. The minimum Gasteiger partial charge on any atom is -0.377 e. The third-order valence-corrected chi connectivity index (χ3v) is 4.23. The number of benzene rings is 1. The Morgan fingerprint density at radius 2 is 2.07 bits per heavy atom. The van der Waals surface area contributed by atoms with Gasteiger partial charge in [-0.15, -0.1) is 0 Å². The summed E-state index contributed by atoms with van der Waals surface area (Å²) in [5.74, 6) is 1.45. The van der Waals surface area contributed by atoms with E-state index in [2.05, 4.69) is 31.3 Å². The van der Waals surface area contributed by atoms with Crippen molar-refractivity contribution in [2.75, 3.05) is 25.1 Å². The maximum absolute atomic E-state index is 5.64. The smallest absolute Gasteiger partial charge is 0.186 e. The van der Waals surface area contributed by atoms with Crippen LogP contribution in [0.15, 0.2) is 47.6 Å². The van der Waals surface area contributed by atoms with Crippen molar-refractivity contribution < 1.29 is 4.74 Å². The summed E-state index contributed by atoms with van der Waals surface area (Å²) in [6.45, 7) is 5.49. The standard InChI is InChI=1S/C22H27N7O/c1-15-6-8-19-18(13-15)21(26-11-12-30-14-16(2)27-22(23)24)29-20(28-19)9-7-17-5-3-4-10-25-17/h3-10,13,16H,11-12,14H2,1-2H3,(H4,23,24,27)(H,26,28,29). The highest BCUT2D eigenvalue weighted by atomic mass is 16.5. The Balaban J connectivity index is 1.71. The molecular formula is C22H27N7O. The molecule has 0 saturated heterocycles. The van der Waals surface area contributed by atoms with Gasteiger partial charge in [-0.3, -0.25) is 4.98 Å². The molecule has 2 aromatic heterocycles. The van der Waals surface area contributed by atoms with E-state index >= 15 is 0 Å². The number of nitrogens with two attached hydrogens (primary N) is 2. The summed E-state index contributed by atoms with van der Waals surface area (Å²) in [5, 5.41) is 4.33. The van der Waals surface area contributed by atoms with Crippen LogP contribution in [0.1, 0.15) is 24.0 Å². The summed E-state index contributed by atoms with van der Waals surface area (Å²) in [5.41, 5.74) is 13.6. The molecule has 0 fully saturated rings. The molecule has 5 N–H and O–H groups in total. The number of anilines is 1. The number of aliphatic imine (C=N–C) groups is 1. The lowest BCUT2D eigenvalue weighted by atomic mass is 10.1. The molecule has 0 saturated carbocycles. The van der Waals surface area contributed by atoms with Crippen molar-refractivity contribution in [3.63, 3.8) is 0 Å². The molecule has 1 atom stereocenters. The Morgan fingerprint density at radius 3 is 2.83 bits per heavy atom. The fourth-order valence-corrected chi connectivity index (χ4v) is 2.89. The number of guanidine groups is 1. The Kier molecular flexibility index (Phi) is 7.29. The summed E-state index contributed by atoms with van der Waals surface area (Å²) < 4.78 is 5.64. The minimum absolute atomic E-state index is 0.0679. The van der Waals surface area contributed by atoms with Gasteiger partial charge in [-0.25, -0.2) is 15.0 Å². The van der Waals surface area contributed by atoms with E-state index in [1.165, 1.54) is 0 Å². The van der Waals surface area contributed by atoms with E-state index in [-0.39, 0.29) is 12.0 Å². The molecule has 156 valence electrons. The zero-order chi connectivity index (χ0) is 21.3. The fourth-order valence-electron chi connectivity index (χ4n) is 2.89. The van der Waals surface area contributed by atoms with Crippen LogP contribution < -0.4 is 16.8 Å². The molecular weight excluding hydrogens is 378 g/mol. The van der Waals surface area contributed by atoms with Gasteiger partial charge in [0.2, 0.25) is 0 Å². The molecule has 1 aromatic carbocycles. The number of pyridine rings is 1. The van der Waals surface area contributed by atoms with E-state index in [4.69, 9.17) is 16.2 Å². The zero-order valence-corrected chi connectivity index (χ0v) is 17.2. The van der Waals surface area contributed by atoms with Gasteiger partial charge >= 0.3 is 0 Å². The van der Waals surface area contributed by atoms with E-state index in [0.29, 0.717) is 25.6 Å². The molecule has 0 amide bonds. The molecule has 2 heterocycles. The Labute approximate surface area is 176 Å². The minimum atomic E-state index is -0.0825. The summed E-state index contributed by atoms with van der Waals surface area (Å²) in [4.78, 5) is 17.7. The second kappa shape index (κ2) is 10.3. The van der Waals surface area contributed by atoms with E-state index in [1.54, 1.807) is 6.20 Å². The van der Waals surface area contributed by atoms with Crippen molar-refractivity contribution in [2.24, 2.45) is 16.5 Å². The first-order chi connectivity index (χ1) is 14.5. The molecule has 3 rings (SSSR count). The van der Waals surface area contributed by atoms with Crippen LogP contribution in [0.5, 0.6) is 0 Å². The molecule has 8 nitrogen and oxygen atoms in total. The highest BCUT2D eigenvalue weighted by molar-refractivity contribution is 5.90. The van der Waals surface area contributed by atoms with Gasteiger partial charge < -0.3 is 21.5 Å². The molecule has 30 heavy (non-hydrogen) atoms. The lowest BCUT2D eigenvalue weighted by molar-refractivity contribution is 0.134. The van der Waals surface area contributed by atoms with Gasteiger partial charge in [-0.1, -0.05) is 17.7 Å². The van der Waals surface area contributed by atoms with Crippen molar-refractivity contribution in [3.8, 4) is 0 Å². The number of hydrogen-bond acceptors (Lipinski definition) is 6. The fraction of sp³-hybridized carbons (Fsp3) is 0.273. The number of nitrogens with zero attached hydrogens (tertiary/aromatic N) is 4. The van der Waals surface area contributed by atoms with Crippen LogP contribution in [-0.2, 0) is 4.74 Å². The van der Waals surface area contributed by atoms with Crippen LogP contribution in [0, 0.1) is 6.92 Å². The topological polar surface area (TPSA) is 124 Å². The van der Waals surface area contributed by atoms with Gasteiger partial charge in [0.05, 0.1) is 30.5 Å². The SMILES string of the molecule is Cc1ccc2nc(C=Cc3ccccn3)nc(NCCOCC(C)N=C(N)N)c2c1. The molecule has 0 aliphatic carbocycles. The maximum Gasteiger partial charge on any atom is 0.186 e. The van der Waals surface area contributed by atoms with Crippen molar-refractivity contribution in [3.05, 3.63) is 59.7 Å². The summed E-state index contributed by atoms with van der Waals surface area (Å²) in [6.07, 6.45) is 5.51. The largest absolute Gasteiger partial charge is 0.377 e. The summed E-state index contributed by atoms with van der Waals surface area (Å²) in [6, 6.07) is 11.8. The molecule has 0 spiro atoms. The summed E-state index contributed by atoms with van der Waals surface area (Å²) >= 11 is 0. The molecule has 0 bridgehead atoms. The van der Waals surface area contributed by atoms with Crippen LogP contribution in [0.2, 0.25) is 0 Å². The summed E-state index contributed by atoms with van der Waals surface area (Å²) in [7, 11) is 0. The molecule has 1 unspecified atom stereocenters. The number of rotatable bonds is 9. The third-order valence-electron chi connectivity index (χ3n) is 4.23. The van der Waals surface area contributed by atoms with Crippen molar-refractivity contribution in [1.82, 2.24) is 15.0 Å². The van der Waals surface area contributed by atoms with Gasteiger partial charge in [-0.05, 0) is 50.3 Å². The van der Waals surface area contributed by atoms with Gasteiger partial charge in [0.1, 0.15) is 5.82 Å². The first-order valence-corrected chi connectivity index (χ1v) is 9.79. The number of ether oxygens (including phenoxy) is 1. The molecule has 0 aliphatic rings. The van der Waals surface area contributed by atoms with Crippen LogP contribution in [0.3, 0.4) is 0 Å². The van der Waals surface area contributed by atoms with E-state index in [1.807, 2.05) is 56.3 Å². The first-order valence-electron chi connectivity index (χ1n) is 9.79. The highest BCUT2D eigenvalue weighted by Crippen LogP contribution is 2.22. The van der Waals surface area contributed by atoms with Crippen molar-refractivity contribution >= 4 is 34.8 Å². The molecule has 3 aromatic rings. The lowest BCUT2D eigenvalue weighted by Gasteiger charge is -2.12. The highest BCUT2D eigenvalue weighted by Gasteiger charge is 2.07. The van der Waals surface area contributed by atoms with Crippen LogP contribution >= 0.6 is 0 Å². The van der Waals surface area contributed by atoms with Gasteiger partial charge in [-0.2, -0.15) is 0 Å². The normalized spacial score (nSPS) is 12.2.